The summed E-state index contributed by atoms with van der Waals surface area (Å²) in [5.74, 6) is 0.682. The maximum absolute atomic E-state index is 11.7. The fraction of sp³-hybridized carbons (Fsp3) is 0.320. The van der Waals surface area contributed by atoms with E-state index in [9.17, 15) is 14.8 Å². The van der Waals surface area contributed by atoms with Gasteiger partial charge < -0.3 is 14.7 Å². The van der Waals surface area contributed by atoms with Crippen molar-refractivity contribution in [3.8, 4) is 16.9 Å². The molecule has 8 nitrogen and oxygen atoms in total. The lowest BCUT2D eigenvalue weighted by Gasteiger charge is -2.23. The summed E-state index contributed by atoms with van der Waals surface area (Å²) in [6, 6.07) is 13.6. The number of allylic oxidation sites excluding steroid dienone is 1. The van der Waals surface area contributed by atoms with E-state index in [2.05, 4.69) is 10.6 Å². The van der Waals surface area contributed by atoms with Gasteiger partial charge in [-0.05, 0) is 62.9 Å². The lowest BCUT2D eigenvalue weighted by atomic mass is 10.1. The zero-order chi connectivity index (χ0) is 23.8. The molecule has 0 heterocycles. The molecule has 0 fully saturated rings. The molecule has 3 rings (SSSR count). The number of unbranched alkanes of at least 4 members (excludes halogenated alkanes) is 1. The van der Waals surface area contributed by atoms with Crippen molar-refractivity contribution in [2.24, 2.45) is 5.16 Å². The summed E-state index contributed by atoms with van der Waals surface area (Å²) in [7, 11) is 0. The van der Waals surface area contributed by atoms with Crippen molar-refractivity contribution in [3.05, 3.63) is 65.7 Å². The van der Waals surface area contributed by atoms with Crippen molar-refractivity contribution in [3.63, 3.8) is 0 Å². The minimum atomic E-state index is -0.662. The van der Waals surface area contributed by atoms with Crippen molar-refractivity contribution in [1.82, 2.24) is 10.4 Å². The Labute approximate surface area is 193 Å². The van der Waals surface area contributed by atoms with E-state index in [0.717, 1.165) is 22.3 Å². The number of rotatable bonds is 9. The van der Waals surface area contributed by atoms with Gasteiger partial charge in [0.1, 0.15) is 23.7 Å². The molecule has 174 valence electrons. The molecule has 0 radical (unpaired) electrons. The van der Waals surface area contributed by atoms with Gasteiger partial charge in [-0.2, -0.15) is 0 Å². The Hall–Kier alpha value is -3.81. The second-order valence-electron chi connectivity index (χ2n) is 8.54. The average molecular weight is 452 g/mol. The first-order valence-electron chi connectivity index (χ1n) is 10.8. The van der Waals surface area contributed by atoms with E-state index in [0.29, 0.717) is 43.9 Å². The third-order valence-corrected chi connectivity index (χ3v) is 4.86. The maximum Gasteiger partial charge on any atom is 0.426 e. The van der Waals surface area contributed by atoms with Crippen molar-refractivity contribution in [1.29, 1.82) is 0 Å². The molecule has 0 saturated carbocycles. The fourth-order valence-electron chi connectivity index (χ4n) is 3.48. The number of amides is 2. The highest BCUT2D eigenvalue weighted by Crippen LogP contribution is 2.38. The summed E-state index contributed by atoms with van der Waals surface area (Å²) >= 11 is 0. The van der Waals surface area contributed by atoms with E-state index in [4.69, 9.17) is 9.47 Å². The first kappa shape index (κ1) is 23.8. The van der Waals surface area contributed by atoms with Crippen molar-refractivity contribution in [2.75, 3.05) is 13.2 Å². The third-order valence-electron chi connectivity index (χ3n) is 4.86. The van der Waals surface area contributed by atoms with E-state index in [-0.39, 0.29) is 0 Å². The minimum Gasteiger partial charge on any atom is -0.490 e. The van der Waals surface area contributed by atoms with Crippen LogP contribution in [-0.4, -0.2) is 47.2 Å². The minimum absolute atomic E-state index is 0.364. The number of fused-ring (bicyclic) bond motifs is 3. The molecule has 0 unspecified atom stereocenters. The molecule has 0 aliphatic heterocycles. The fourth-order valence-corrected chi connectivity index (χ4v) is 3.48. The third kappa shape index (κ3) is 6.35. The number of hydrogen-bond acceptors (Lipinski definition) is 6. The van der Waals surface area contributed by atoms with Crippen molar-refractivity contribution >= 4 is 18.2 Å². The van der Waals surface area contributed by atoms with Gasteiger partial charge in [0, 0.05) is 17.7 Å². The highest BCUT2D eigenvalue weighted by molar-refractivity contribution is 6.24. The van der Waals surface area contributed by atoms with Crippen LogP contribution < -0.4 is 10.2 Å². The summed E-state index contributed by atoms with van der Waals surface area (Å²) in [5.41, 5.74) is 6.12. The first-order valence-corrected chi connectivity index (χ1v) is 10.8. The van der Waals surface area contributed by atoms with E-state index in [1.54, 1.807) is 20.8 Å². The number of ether oxygens (including phenoxy) is 2. The number of benzene rings is 2. The summed E-state index contributed by atoms with van der Waals surface area (Å²) in [4.78, 5) is 22.8. The molecule has 8 heteroatoms. The summed E-state index contributed by atoms with van der Waals surface area (Å²) in [6.45, 7) is 6.01. The molecule has 0 spiro atoms. The topological polar surface area (TPSA) is 100 Å². The van der Waals surface area contributed by atoms with Gasteiger partial charge in [0.05, 0.1) is 0 Å². The summed E-state index contributed by atoms with van der Waals surface area (Å²) < 4.78 is 10.9. The summed E-state index contributed by atoms with van der Waals surface area (Å²) in [5, 5.41) is 14.1. The molecule has 2 N–H and O–H groups in total. The van der Waals surface area contributed by atoms with E-state index in [1.807, 2.05) is 54.6 Å². The van der Waals surface area contributed by atoms with Gasteiger partial charge in [0.15, 0.2) is 0 Å². The monoisotopic (exact) mass is 451 g/mol. The Morgan fingerprint density at radius 1 is 1.09 bits per heavy atom. The largest absolute Gasteiger partial charge is 0.490 e. The first-order chi connectivity index (χ1) is 15.8. The van der Waals surface area contributed by atoms with Gasteiger partial charge in [-0.15, -0.1) is 0 Å². The number of nitrogens with zero attached hydrogens (tertiary/aromatic N) is 2. The van der Waals surface area contributed by atoms with Crippen molar-refractivity contribution < 1.29 is 24.3 Å². The zero-order valence-electron chi connectivity index (χ0n) is 19.1. The highest BCUT2D eigenvalue weighted by Gasteiger charge is 2.25. The van der Waals surface area contributed by atoms with Crippen LogP contribution in [0.25, 0.3) is 11.1 Å². The van der Waals surface area contributed by atoms with Crippen LogP contribution in [0.5, 0.6) is 5.75 Å². The SMILES string of the molecule is CC(C)(C)OC(=O)NN(C=O)CCC/C=C/COc1ccc2c(c1)/C(=N/O)c1ccccc1-2. The molecule has 2 amide bonds. The van der Waals surface area contributed by atoms with Gasteiger partial charge in [-0.3, -0.25) is 9.80 Å². The number of carbonyl (C=O) groups excluding carboxylic acids is 2. The Morgan fingerprint density at radius 3 is 2.52 bits per heavy atom. The lowest BCUT2D eigenvalue weighted by Crippen LogP contribution is -2.44. The normalized spacial score (nSPS) is 13.5. The van der Waals surface area contributed by atoms with E-state index in [1.165, 1.54) is 5.01 Å². The molecule has 1 aliphatic rings. The maximum atomic E-state index is 11.7. The predicted molar refractivity (Wildman–Crippen MR) is 125 cm³/mol. The van der Waals surface area contributed by atoms with Crippen LogP contribution in [-0.2, 0) is 9.53 Å². The number of oxime groups is 1. The molecule has 1 aliphatic carbocycles. The number of carbonyl (C=O) groups is 2. The Morgan fingerprint density at radius 2 is 1.82 bits per heavy atom. The average Bonchev–Trinajstić information content (AvgIpc) is 3.09. The van der Waals surface area contributed by atoms with Crippen LogP contribution in [0.3, 0.4) is 0 Å². The second-order valence-corrected chi connectivity index (χ2v) is 8.54. The standard InChI is InChI=1S/C25H29N3O5/c1-25(2,3)33-24(30)26-28(17-29)14-8-4-5-9-15-32-18-12-13-20-19-10-6-7-11-21(19)23(27-31)22(20)16-18/h5-7,9-13,16-17,31H,4,8,14-15H2,1-3H3,(H,26,30)/b9-5+,27-23+. The van der Waals surface area contributed by atoms with Gasteiger partial charge in [0.2, 0.25) is 6.41 Å². The Kier molecular flexibility index (Phi) is 7.71. The van der Waals surface area contributed by atoms with Gasteiger partial charge in [-0.1, -0.05) is 41.6 Å². The lowest BCUT2D eigenvalue weighted by molar-refractivity contribution is -0.121. The van der Waals surface area contributed by atoms with Crippen LogP contribution in [0.1, 0.15) is 44.7 Å². The Balaban J connectivity index is 1.43. The van der Waals surface area contributed by atoms with E-state index >= 15 is 0 Å². The van der Waals surface area contributed by atoms with Crippen LogP contribution in [0.2, 0.25) is 0 Å². The second kappa shape index (κ2) is 10.7. The molecule has 0 atom stereocenters. The number of hydrogen-bond donors (Lipinski definition) is 2. The molecular formula is C25H29N3O5. The van der Waals surface area contributed by atoms with E-state index < -0.39 is 11.7 Å². The molecule has 2 aromatic carbocycles. The molecule has 0 bridgehead atoms. The Bertz CT molecular complexity index is 1060. The number of nitrogens with one attached hydrogen (secondary N) is 1. The molecule has 0 saturated heterocycles. The molecular weight excluding hydrogens is 422 g/mol. The van der Waals surface area contributed by atoms with Crippen molar-refractivity contribution in [2.45, 2.75) is 39.2 Å². The smallest absolute Gasteiger partial charge is 0.426 e. The quantitative estimate of drug-likeness (QED) is 0.164. The van der Waals surface area contributed by atoms with Gasteiger partial charge in [0.25, 0.3) is 0 Å². The molecule has 2 aromatic rings. The zero-order valence-corrected chi connectivity index (χ0v) is 19.1. The van der Waals surface area contributed by atoms with Gasteiger partial charge in [-0.25, -0.2) is 10.2 Å². The summed E-state index contributed by atoms with van der Waals surface area (Å²) in [6.07, 6.45) is 5.14. The molecule has 33 heavy (non-hydrogen) atoms. The van der Waals surface area contributed by atoms with Crippen LogP contribution in [0, 0.1) is 0 Å². The number of hydrazine groups is 1. The highest BCUT2D eigenvalue weighted by atomic mass is 16.6. The van der Waals surface area contributed by atoms with Crippen LogP contribution >= 0.6 is 0 Å². The predicted octanol–water partition coefficient (Wildman–Crippen LogP) is 4.51. The van der Waals surface area contributed by atoms with Gasteiger partial charge >= 0.3 is 6.09 Å². The van der Waals surface area contributed by atoms with Crippen LogP contribution in [0.4, 0.5) is 4.79 Å². The molecule has 0 aromatic heterocycles. The van der Waals surface area contributed by atoms with Crippen LogP contribution in [0.15, 0.2) is 59.8 Å².